The van der Waals surface area contributed by atoms with E-state index in [1.165, 1.54) is 11.8 Å². The Labute approximate surface area is 105 Å². The number of nitrogens with zero attached hydrogens (tertiary/aromatic N) is 3. The highest BCUT2D eigenvalue weighted by atomic mass is 32.2. The molecule has 0 radical (unpaired) electrons. The van der Waals surface area contributed by atoms with Gasteiger partial charge in [-0.05, 0) is 6.42 Å². The van der Waals surface area contributed by atoms with Crippen molar-refractivity contribution in [3.63, 3.8) is 0 Å². The minimum absolute atomic E-state index is 0.136. The third-order valence-electron chi connectivity index (χ3n) is 1.99. The van der Waals surface area contributed by atoms with Crippen LogP contribution in [-0.4, -0.2) is 35.7 Å². The molecule has 2 N–H and O–H groups in total. The quantitative estimate of drug-likeness (QED) is 0.272. The Balaban J connectivity index is 2.88. The Bertz CT molecular complexity index is 364. The predicted octanol–water partition coefficient (Wildman–Crippen LogP) is 1.31. The molecule has 7 heteroatoms. The number of thioether (sulfide) groups is 1. The van der Waals surface area contributed by atoms with Gasteiger partial charge in [-0.25, -0.2) is 0 Å². The molecular formula is C10H16N4O2S. The number of hydrogen-bond acceptors (Lipinski definition) is 7. The van der Waals surface area contributed by atoms with Gasteiger partial charge in [0.05, 0.1) is 20.3 Å². The summed E-state index contributed by atoms with van der Waals surface area (Å²) in [4.78, 5) is 8.43. The van der Waals surface area contributed by atoms with E-state index in [9.17, 15) is 0 Å². The highest BCUT2D eigenvalue weighted by Crippen LogP contribution is 2.25. The van der Waals surface area contributed by atoms with E-state index in [4.69, 9.17) is 15.3 Å². The fourth-order valence-corrected chi connectivity index (χ4v) is 1.95. The lowest BCUT2D eigenvalue weighted by Gasteiger charge is -2.09. The fourth-order valence-electron chi connectivity index (χ4n) is 1.10. The van der Waals surface area contributed by atoms with Crippen LogP contribution in [-0.2, 0) is 0 Å². The van der Waals surface area contributed by atoms with Gasteiger partial charge in [-0.15, -0.1) is 0 Å². The number of nitrogens with two attached hydrogens (primary N) is 1. The zero-order valence-corrected chi connectivity index (χ0v) is 10.9. The monoisotopic (exact) mass is 256 g/mol. The van der Waals surface area contributed by atoms with E-state index >= 15 is 0 Å². The summed E-state index contributed by atoms with van der Waals surface area (Å²) < 4.78 is 10.1. The second-order valence-corrected chi connectivity index (χ2v) is 4.30. The number of methoxy groups -OCH3 is 2. The predicted molar refractivity (Wildman–Crippen MR) is 67.8 cm³/mol. The zero-order chi connectivity index (χ0) is 12.7. The highest BCUT2D eigenvalue weighted by Gasteiger charge is 2.11. The summed E-state index contributed by atoms with van der Waals surface area (Å²) >= 11 is 1.46. The Morgan fingerprint density at radius 3 is 2.41 bits per heavy atom. The van der Waals surface area contributed by atoms with Gasteiger partial charge in [0, 0.05) is 11.5 Å². The molecule has 0 aliphatic rings. The molecule has 0 aliphatic carbocycles. The van der Waals surface area contributed by atoms with E-state index in [0.29, 0.717) is 16.9 Å². The van der Waals surface area contributed by atoms with Crippen LogP contribution in [0.15, 0.2) is 16.3 Å². The minimum Gasteiger partial charge on any atom is -0.481 e. The van der Waals surface area contributed by atoms with Crippen LogP contribution in [0.4, 0.5) is 0 Å². The van der Waals surface area contributed by atoms with Crippen molar-refractivity contribution in [2.75, 3.05) is 14.2 Å². The first-order chi connectivity index (χ1) is 8.23. The molecule has 1 aromatic heterocycles. The second kappa shape index (κ2) is 6.95. The number of rotatable bonds is 6. The minimum atomic E-state index is 0.136. The fraction of sp³-hybridized carbons (Fsp3) is 0.500. The molecule has 17 heavy (non-hydrogen) atoms. The molecule has 0 aromatic carbocycles. The molecule has 0 saturated carbocycles. The third kappa shape index (κ3) is 4.10. The van der Waals surface area contributed by atoms with Crippen LogP contribution in [0.25, 0.3) is 0 Å². The topological polar surface area (TPSA) is 82.6 Å². The molecule has 6 nitrogen and oxygen atoms in total. The summed E-state index contributed by atoms with van der Waals surface area (Å²) in [5.41, 5.74) is 0. The van der Waals surface area contributed by atoms with Crippen molar-refractivity contribution in [2.24, 2.45) is 10.9 Å². The van der Waals surface area contributed by atoms with Crippen molar-refractivity contribution in [3.8, 4) is 11.8 Å². The van der Waals surface area contributed by atoms with E-state index in [0.717, 1.165) is 6.42 Å². The summed E-state index contributed by atoms with van der Waals surface area (Å²) in [7, 11) is 3.10. The number of hydrogen-bond donors (Lipinski definition) is 1. The van der Waals surface area contributed by atoms with Crippen molar-refractivity contribution in [1.29, 1.82) is 0 Å². The van der Waals surface area contributed by atoms with Gasteiger partial charge in [-0.1, -0.05) is 18.7 Å². The largest absolute Gasteiger partial charge is 0.481 e. The lowest BCUT2D eigenvalue weighted by Crippen LogP contribution is -2.06. The van der Waals surface area contributed by atoms with Gasteiger partial charge >= 0.3 is 0 Å². The van der Waals surface area contributed by atoms with E-state index in [1.807, 2.05) is 6.92 Å². The molecule has 1 rings (SSSR count). The average molecular weight is 256 g/mol. The molecule has 0 fully saturated rings. The first-order valence-corrected chi connectivity index (χ1v) is 5.98. The Morgan fingerprint density at radius 1 is 1.41 bits per heavy atom. The summed E-state index contributed by atoms with van der Waals surface area (Å²) in [6.45, 7) is 2.04. The molecule has 0 saturated heterocycles. The van der Waals surface area contributed by atoms with Gasteiger partial charge in [0.1, 0.15) is 0 Å². The maximum absolute atomic E-state index is 5.14. The first-order valence-electron chi connectivity index (χ1n) is 5.10. The molecule has 0 amide bonds. The molecule has 1 heterocycles. The number of hydrazone groups is 1. The van der Waals surface area contributed by atoms with Gasteiger partial charge in [0.2, 0.25) is 11.8 Å². The Morgan fingerprint density at radius 2 is 2.00 bits per heavy atom. The molecule has 1 atom stereocenters. The van der Waals surface area contributed by atoms with E-state index in [1.54, 1.807) is 26.5 Å². The standard InChI is InChI=1S/C10H16N4O2S/c1-4-7(6-12-11)17-10-13-8(15-2)5-9(14-10)16-3/h5-7H,4,11H2,1-3H3. The molecule has 0 spiro atoms. The van der Waals surface area contributed by atoms with Gasteiger partial charge < -0.3 is 15.3 Å². The van der Waals surface area contributed by atoms with Crippen LogP contribution in [0.2, 0.25) is 0 Å². The van der Waals surface area contributed by atoms with Crippen LogP contribution in [0, 0.1) is 0 Å². The Kier molecular flexibility index (Phi) is 5.55. The van der Waals surface area contributed by atoms with Crippen LogP contribution < -0.4 is 15.3 Å². The van der Waals surface area contributed by atoms with Gasteiger partial charge in [0.25, 0.3) is 0 Å². The normalized spacial score (nSPS) is 12.6. The molecule has 0 aliphatic heterocycles. The second-order valence-electron chi connectivity index (χ2n) is 3.10. The molecule has 1 unspecified atom stereocenters. The van der Waals surface area contributed by atoms with Gasteiger partial charge in [-0.2, -0.15) is 15.1 Å². The smallest absolute Gasteiger partial charge is 0.220 e. The first kappa shape index (κ1) is 13.6. The summed E-state index contributed by atoms with van der Waals surface area (Å²) in [6.07, 6.45) is 2.55. The maximum Gasteiger partial charge on any atom is 0.220 e. The van der Waals surface area contributed by atoms with Crippen LogP contribution in [0.3, 0.4) is 0 Å². The lowest BCUT2D eigenvalue weighted by atomic mass is 10.4. The third-order valence-corrected chi connectivity index (χ3v) is 3.14. The van der Waals surface area contributed by atoms with E-state index in [-0.39, 0.29) is 5.25 Å². The number of ether oxygens (including phenoxy) is 2. The maximum atomic E-state index is 5.14. The summed E-state index contributed by atoms with van der Waals surface area (Å²) in [5, 5.41) is 4.24. The molecule has 0 bridgehead atoms. The zero-order valence-electron chi connectivity index (χ0n) is 10.1. The summed E-state index contributed by atoms with van der Waals surface area (Å²) in [6, 6.07) is 1.63. The molecule has 94 valence electrons. The highest BCUT2D eigenvalue weighted by molar-refractivity contribution is 8.00. The summed E-state index contributed by atoms with van der Waals surface area (Å²) in [5.74, 6) is 6.08. The van der Waals surface area contributed by atoms with Crippen LogP contribution >= 0.6 is 11.8 Å². The average Bonchev–Trinajstić information content (AvgIpc) is 2.37. The van der Waals surface area contributed by atoms with Crippen LogP contribution in [0.1, 0.15) is 13.3 Å². The SMILES string of the molecule is CCC(C=NN)Sc1nc(OC)cc(OC)n1. The van der Waals surface area contributed by atoms with E-state index < -0.39 is 0 Å². The van der Waals surface area contributed by atoms with Gasteiger partial charge in [-0.3, -0.25) is 0 Å². The van der Waals surface area contributed by atoms with Crippen molar-refractivity contribution in [1.82, 2.24) is 9.97 Å². The van der Waals surface area contributed by atoms with Crippen LogP contribution in [0.5, 0.6) is 11.8 Å². The molecule has 1 aromatic rings. The Hall–Kier alpha value is -1.50. The lowest BCUT2D eigenvalue weighted by molar-refractivity contribution is 0.364. The van der Waals surface area contributed by atoms with Crippen molar-refractivity contribution in [3.05, 3.63) is 6.07 Å². The van der Waals surface area contributed by atoms with Crippen molar-refractivity contribution >= 4 is 18.0 Å². The van der Waals surface area contributed by atoms with Crippen molar-refractivity contribution < 1.29 is 9.47 Å². The number of aromatic nitrogens is 2. The van der Waals surface area contributed by atoms with Crippen molar-refractivity contribution in [2.45, 2.75) is 23.8 Å². The molecular weight excluding hydrogens is 240 g/mol. The van der Waals surface area contributed by atoms with E-state index in [2.05, 4.69) is 15.1 Å². The van der Waals surface area contributed by atoms with Gasteiger partial charge in [0.15, 0.2) is 5.16 Å².